The van der Waals surface area contributed by atoms with Crippen molar-refractivity contribution in [3.63, 3.8) is 0 Å². The van der Waals surface area contributed by atoms with Crippen LogP contribution >= 0.6 is 0 Å². The number of nitrogens with zero attached hydrogens (tertiary/aromatic N) is 5. The Balaban J connectivity index is 1.36. The van der Waals surface area contributed by atoms with Crippen molar-refractivity contribution in [1.29, 1.82) is 0 Å². The molecule has 0 bridgehead atoms. The molecule has 1 aliphatic carbocycles. The molecule has 0 atom stereocenters. The molecule has 1 amide bonds. The largest absolute Gasteiger partial charge is 0.365 e. The van der Waals surface area contributed by atoms with Crippen molar-refractivity contribution in [1.82, 2.24) is 24.7 Å². The molecule has 1 aromatic carbocycles. The summed E-state index contributed by atoms with van der Waals surface area (Å²) in [5.41, 5.74) is 3.76. The number of anilines is 2. The molecule has 0 unspecified atom stereocenters. The van der Waals surface area contributed by atoms with Gasteiger partial charge in [0, 0.05) is 29.3 Å². The maximum Gasteiger partial charge on any atom is 0.256 e. The van der Waals surface area contributed by atoms with E-state index in [0.717, 1.165) is 41.0 Å². The van der Waals surface area contributed by atoms with Gasteiger partial charge in [-0.05, 0) is 49.1 Å². The second-order valence-electron chi connectivity index (χ2n) is 9.63. The van der Waals surface area contributed by atoms with Gasteiger partial charge in [0.25, 0.3) is 5.91 Å². The minimum absolute atomic E-state index is 0.186. The molecule has 3 heterocycles. The molecule has 34 heavy (non-hydrogen) atoms. The molecule has 3 aromatic heterocycles. The highest BCUT2D eigenvalue weighted by molar-refractivity contribution is 6.04. The number of carbonyl (C=O) groups excluding carboxylic acids is 1. The molecule has 0 aliphatic heterocycles. The van der Waals surface area contributed by atoms with Gasteiger partial charge >= 0.3 is 0 Å². The fourth-order valence-corrected chi connectivity index (χ4v) is 3.49. The van der Waals surface area contributed by atoms with Crippen LogP contribution in [-0.2, 0) is 5.41 Å². The minimum atomic E-state index is -0.250. The van der Waals surface area contributed by atoms with Crippen molar-refractivity contribution in [2.75, 3.05) is 10.6 Å². The molecule has 5 rings (SSSR count). The lowest BCUT2D eigenvalue weighted by molar-refractivity contribution is 0.102. The van der Waals surface area contributed by atoms with Gasteiger partial charge in [0.15, 0.2) is 22.8 Å². The fraction of sp³-hybridized carbons (Fsp3) is 0.320. The molecule has 1 aliphatic rings. The molecule has 9 heteroatoms. The maximum absolute atomic E-state index is 12.8. The van der Waals surface area contributed by atoms with E-state index in [0.29, 0.717) is 23.2 Å². The Morgan fingerprint density at radius 3 is 2.74 bits per heavy atom. The van der Waals surface area contributed by atoms with Gasteiger partial charge in [-0.25, -0.2) is 15.0 Å². The molecule has 0 radical (unpaired) electrons. The highest BCUT2D eigenvalue weighted by Gasteiger charge is 2.23. The van der Waals surface area contributed by atoms with Crippen molar-refractivity contribution in [2.24, 2.45) is 0 Å². The normalized spacial score (nSPS) is 14.1. The zero-order chi connectivity index (χ0) is 23.9. The van der Waals surface area contributed by atoms with Gasteiger partial charge in [-0.2, -0.15) is 0 Å². The third-order valence-corrected chi connectivity index (χ3v) is 5.72. The van der Waals surface area contributed by atoms with Gasteiger partial charge in [-0.15, -0.1) is 0 Å². The van der Waals surface area contributed by atoms with E-state index in [-0.39, 0.29) is 11.3 Å². The van der Waals surface area contributed by atoms with Gasteiger partial charge in [0.2, 0.25) is 0 Å². The lowest BCUT2D eigenvalue weighted by Crippen LogP contribution is -2.13. The Bertz CT molecular complexity index is 1390. The first kappa shape index (κ1) is 21.8. The van der Waals surface area contributed by atoms with E-state index in [1.807, 2.05) is 56.7 Å². The predicted octanol–water partition coefficient (Wildman–Crippen LogP) is 4.87. The summed E-state index contributed by atoms with van der Waals surface area (Å²) in [5, 5.41) is 10.2. The number of benzene rings is 1. The number of rotatable bonds is 6. The molecular formula is C25H27N7O2. The van der Waals surface area contributed by atoms with Crippen LogP contribution in [0, 0.1) is 6.92 Å². The number of hydrogen-bond donors (Lipinski definition) is 2. The third-order valence-electron chi connectivity index (χ3n) is 5.72. The maximum atomic E-state index is 12.8. The number of aromatic nitrogens is 5. The zero-order valence-corrected chi connectivity index (χ0v) is 19.7. The van der Waals surface area contributed by atoms with Crippen LogP contribution < -0.4 is 10.6 Å². The highest BCUT2D eigenvalue weighted by Crippen LogP contribution is 2.27. The Kier molecular flexibility index (Phi) is 5.39. The highest BCUT2D eigenvalue weighted by atomic mass is 16.5. The van der Waals surface area contributed by atoms with Gasteiger partial charge in [-0.3, -0.25) is 9.36 Å². The van der Waals surface area contributed by atoms with Gasteiger partial charge in [0.05, 0.1) is 0 Å². The van der Waals surface area contributed by atoms with E-state index >= 15 is 0 Å². The number of fused-ring (bicyclic) bond motifs is 1. The summed E-state index contributed by atoms with van der Waals surface area (Å²) in [6, 6.07) is 7.80. The SMILES string of the molecule is Cc1ccc(C(=O)Nc2cc(C(C)(C)C)on2)cc1/C=C/n1cnc2c(NC3CC3)ncnc21. The van der Waals surface area contributed by atoms with Crippen molar-refractivity contribution < 1.29 is 9.32 Å². The van der Waals surface area contributed by atoms with Crippen LogP contribution in [0.15, 0.2) is 41.4 Å². The van der Waals surface area contributed by atoms with E-state index in [4.69, 9.17) is 4.52 Å². The lowest BCUT2D eigenvalue weighted by Gasteiger charge is -2.12. The summed E-state index contributed by atoms with van der Waals surface area (Å²) >= 11 is 0. The van der Waals surface area contributed by atoms with Crippen LogP contribution in [0.2, 0.25) is 0 Å². The molecule has 1 saturated carbocycles. The average Bonchev–Trinajstić information content (AvgIpc) is 3.30. The Morgan fingerprint density at radius 2 is 2.00 bits per heavy atom. The first-order valence-corrected chi connectivity index (χ1v) is 11.3. The summed E-state index contributed by atoms with van der Waals surface area (Å²) in [7, 11) is 0. The zero-order valence-electron chi connectivity index (χ0n) is 19.7. The monoisotopic (exact) mass is 457 g/mol. The quantitative estimate of drug-likeness (QED) is 0.425. The number of hydrogen-bond acceptors (Lipinski definition) is 7. The van der Waals surface area contributed by atoms with E-state index in [1.165, 1.54) is 0 Å². The van der Waals surface area contributed by atoms with Crippen LogP contribution in [0.3, 0.4) is 0 Å². The van der Waals surface area contributed by atoms with Gasteiger partial charge in [-0.1, -0.05) is 32.0 Å². The van der Waals surface area contributed by atoms with Gasteiger partial charge < -0.3 is 15.2 Å². The molecule has 174 valence electrons. The van der Waals surface area contributed by atoms with E-state index in [1.54, 1.807) is 24.8 Å². The Morgan fingerprint density at radius 1 is 1.18 bits per heavy atom. The topological polar surface area (TPSA) is 111 Å². The Hall–Kier alpha value is -4.01. The summed E-state index contributed by atoms with van der Waals surface area (Å²) in [4.78, 5) is 26.0. The second kappa shape index (κ2) is 8.40. The van der Waals surface area contributed by atoms with Crippen molar-refractivity contribution in [3.8, 4) is 0 Å². The van der Waals surface area contributed by atoms with Crippen LogP contribution in [0.1, 0.15) is 60.9 Å². The number of nitrogens with one attached hydrogen (secondary N) is 2. The first-order valence-electron chi connectivity index (χ1n) is 11.3. The number of aryl methyl sites for hydroxylation is 1. The minimum Gasteiger partial charge on any atom is -0.365 e. The van der Waals surface area contributed by atoms with Crippen LogP contribution in [0.5, 0.6) is 0 Å². The summed E-state index contributed by atoms with van der Waals surface area (Å²) < 4.78 is 7.21. The second-order valence-corrected chi connectivity index (χ2v) is 9.63. The van der Waals surface area contributed by atoms with E-state index in [2.05, 4.69) is 30.7 Å². The van der Waals surface area contributed by atoms with Crippen molar-refractivity contribution >= 4 is 41.0 Å². The average molecular weight is 458 g/mol. The molecule has 4 aromatic rings. The molecule has 2 N–H and O–H groups in total. The third kappa shape index (κ3) is 4.54. The smallest absolute Gasteiger partial charge is 0.256 e. The lowest BCUT2D eigenvalue weighted by atomic mass is 9.93. The molecule has 1 fully saturated rings. The number of imidazole rings is 1. The van der Waals surface area contributed by atoms with E-state index in [9.17, 15) is 4.79 Å². The first-order chi connectivity index (χ1) is 16.3. The standard InChI is InChI=1S/C25H27N7O2/c1-15-5-6-17(24(33)30-20-12-19(34-31-20)25(2,3)4)11-16(15)9-10-32-14-28-21-22(29-18-7-8-18)26-13-27-23(21)32/h5-6,9-14,18H,7-8H2,1-4H3,(H,26,27,29)(H,30,31,33)/b10-9+. The van der Waals surface area contributed by atoms with Crippen LogP contribution in [0.25, 0.3) is 23.4 Å². The number of carbonyl (C=O) groups is 1. The fourth-order valence-electron chi connectivity index (χ4n) is 3.49. The van der Waals surface area contributed by atoms with Gasteiger partial charge in [0.1, 0.15) is 18.4 Å². The van der Waals surface area contributed by atoms with Crippen LogP contribution in [-0.4, -0.2) is 36.6 Å². The summed E-state index contributed by atoms with van der Waals surface area (Å²) in [5.74, 6) is 1.62. The Labute approximate surface area is 197 Å². The van der Waals surface area contributed by atoms with E-state index < -0.39 is 0 Å². The van der Waals surface area contributed by atoms with Crippen molar-refractivity contribution in [2.45, 2.75) is 52.0 Å². The molecule has 0 saturated heterocycles. The van der Waals surface area contributed by atoms with Crippen molar-refractivity contribution in [3.05, 3.63) is 59.4 Å². The molecule has 0 spiro atoms. The van der Waals surface area contributed by atoms with Crippen LogP contribution in [0.4, 0.5) is 11.6 Å². The number of amides is 1. The summed E-state index contributed by atoms with van der Waals surface area (Å²) in [6.45, 7) is 8.08. The molecule has 9 nitrogen and oxygen atoms in total. The predicted molar refractivity (Wildman–Crippen MR) is 132 cm³/mol. The summed E-state index contributed by atoms with van der Waals surface area (Å²) in [6.07, 6.45) is 9.41. The molecular weight excluding hydrogens is 430 g/mol.